The minimum Gasteiger partial charge on any atom is -0.475 e. The number of hydrogen-bond acceptors (Lipinski definition) is 6. The third-order valence-corrected chi connectivity index (χ3v) is 2.81. The molecule has 0 aliphatic heterocycles. The molecule has 2 rings (SSSR count). The van der Waals surface area contributed by atoms with Gasteiger partial charge >= 0.3 is 11.3 Å². The first kappa shape index (κ1) is 14.3. The van der Waals surface area contributed by atoms with Crippen molar-refractivity contribution in [1.82, 2.24) is 9.97 Å². The first-order valence-corrected chi connectivity index (χ1v) is 6.46. The van der Waals surface area contributed by atoms with Crippen LogP contribution in [0.1, 0.15) is 25.3 Å². The molecule has 2 aromatic rings. The molecular formula is C13H16N2O5. The van der Waals surface area contributed by atoms with E-state index in [1.54, 1.807) is 0 Å². The molecule has 0 spiro atoms. The highest BCUT2D eigenvalue weighted by Gasteiger charge is 2.14. The van der Waals surface area contributed by atoms with Crippen LogP contribution in [0.15, 0.2) is 20.1 Å². The Morgan fingerprint density at radius 1 is 1.45 bits per heavy atom. The smallest absolute Gasteiger partial charge is 0.351 e. The van der Waals surface area contributed by atoms with E-state index < -0.39 is 11.3 Å². The Balaban J connectivity index is 2.63. The summed E-state index contributed by atoms with van der Waals surface area (Å²) in [5.74, 6) is 0.0765. The number of rotatable bonds is 6. The van der Waals surface area contributed by atoms with Crippen LogP contribution in [0.5, 0.6) is 5.88 Å². The van der Waals surface area contributed by atoms with Gasteiger partial charge in [0.2, 0.25) is 11.6 Å². The summed E-state index contributed by atoms with van der Waals surface area (Å²) in [6.45, 7) is 1.85. The van der Waals surface area contributed by atoms with Gasteiger partial charge in [0.15, 0.2) is 0 Å². The lowest BCUT2D eigenvalue weighted by molar-refractivity contribution is 0.197. The van der Waals surface area contributed by atoms with Gasteiger partial charge in [0, 0.05) is 6.07 Å². The summed E-state index contributed by atoms with van der Waals surface area (Å²) >= 11 is 0. The van der Waals surface area contributed by atoms with Crippen LogP contribution in [0.25, 0.3) is 11.1 Å². The van der Waals surface area contributed by atoms with E-state index in [0.717, 1.165) is 18.4 Å². The lowest BCUT2D eigenvalue weighted by Crippen LogP contribution is -2.16. The van der Waals surface area contributed by atoms with Gasteiger partial charge in [0.25, 0.3) is 0 Å². The molecule has 0 saturated carbocycles. The van der Waals surface area contributed by atoms with E-state index in [-0.39, 0.29) is 24.8 Å². The quantitative estimate of drug-likeness (QED) is 0.802. The van der Waals surface area contributed by atoms with Crippen LogP contribution in [0.3, 0.4) is 0 Å². The minimum absolute atomic E-state index is 0.0118. The Labute approximate surface area is 114 Å². The second-order valence-corrected chi connectivity index (χ2v) is 4.32. The fourth-order valence-electron chi connectivity index (χ4n) is 1.95. The van der Waals surface area contributed by atoms with Crippen molar-refractivity contribution in [1.29, 1.82) is 0 Å². The normalized spacial score (nSPS) is 10.9. The monoisotopic (exact) mass is 280 g/mol. The van der Waals surface area contributed by atoms with Crippen molar-refractivity contribution in [2.45, 2.75) is 26.2 Å². The van der Waals surface area contributed by atoms with Crippen LogP contribution in [0.2, 0.25) is 0 Å². The number of H-pyrrole nitrogens is 1. The zero-order valence-electron chi connectivity index (χ0n) is 11.1. The molecule has 108 valence electrons. The number of nitrogens with zero attached hydrogens (tertiary/aromatic N) is 1. The molecule has 0 aromatic carbocycles. The maximum Gasteiger partial charge on any atom is 0.351 e. The highest BCUT2D eigenvalue weighted by Crippen LogP contribution is 2.24. The van der Waals surface area contributed by atoms with Gasteiger partial charge in [-0.15, -0.1) is 0 Å². The van der Waals surface area contributed by atoms with Crippen molar-refractivity contribution in [3.8, 4) is 5.88 Å². The molecule has 0 aliphatic carbocycles. The summed E-state index contributed by atoms with van der Waals surface area (Å²) in [5, 5.41) is 9.29. The van der Waals surface area contributed by atoms with Crippen LogP contribution in [0, 0.1) is 0 Å². The molecule has 2 aromatic heterocycles. The lowest BCUT2D eigenvalue weighted by Gasteiger charge is -2.09. The molecule has 7 heteroatoms. The maximum absolute atomic E-state index is 11.5. The largest absolute Gasteiger partial charge is 0.475 e. The summed E-state index contributed by atoms with van der Waals surface area (Å²) in [7, 11) is 0. The summed E-state index contributed by atoms with van der Waals surface area (Å²) in [5.41, 5.74) is -0.425. The second kappa shape index (κ2) is 6.33. The van der Waals surface area contributed by atoms with Crippen molar-refractivity contribution in [2.75, 3.05) is 13.2 Å². The fourth-order valence-corrected chi connectivity index (χ4v) is 1.95. The molecule has 0 bridgehead atoms. The highest BCUT2D eigenvalue weighted by atomic mass is 16.5. The number of aryl methyl sites for hydroxylation is 1. The van der Waals surface area contributed by atoms with E-state index >= 15 is 0 Å². The number of aliphatic hydroxyl groups excluding tert-OH is 1. The highest BCUT2D eigenvalue weighted by molar-refractivity contribution is 5.82. The first-order valence-electron chi connectivity index (χ1n) is 6.46. The summed E-state index contributed by atoms with van der Waals surface area (Å²) in [6, 6.07) is 1.38. The van der Waals surface area contributed by atoms with Gasteiger partial charge in [-0.2, -0.15) is 4.98 Å². The number of nitrogens with one attached hydrogen (secondary N) is 1. The zero-order valence-corrected chi connectivity index (χ0v) is 11.1. The number of aromatic nitrogens is 2. The third kappa shape index (κ3) is 3.05. The van der Waals surface area contributed by atoms with Gasteiger partial charge in [0.1, 0.15) is 12.0 Å². The lowest BCUT2D eigenvalue weighted by atomic mass is 10.1. The van der Waals surface area contributed by atoms with Gasteiger partial charge in [-0.05, 0) is 18.4 Å². The van der Waals surface area contributed by atoms with Gasteiger partial charge in [-0.1, -0.05) is 13.3 Å². The number of fused-ring (bicyclic) bond motifs is 1. The predicted molar refractivity (Wildman–Crippen MR) is 72.1 cm³/mol. The Morgan fingerprint density at radius 2 is 2.25 bits per heavy atom. The van der Waals surface area contributed by atoms with Crippen LogP contribution in [0.4, 0.5) is 0 Å². The third-order valence-electron chi connectivity index (χ3n) is 2.81. The van der Waals surface area contributed by atoms with Gasteiger partial charge in [-0.25, -0.2) is 9.59 Å². The Bertz CT molecular complexity index is 647. The molecule has 0 fully saturated rings. The van der Waals surface area contributed by atoms with Crippen LogP contribution in [-0.4, -0.2) is 28.3 Å². The van der Waals surface area contributed by atoms with Gasteiger partial charge in [0.05, 0.1) is 6.61 Å². The average Bonchev–Trinajstić information content (AvgIpc) is 2.41. The molecule has 2 heterocycles. The van der Waals surface area contributed by atoms with Crippen molar-refractivity contribution < 1.29 is 14.3 Å². The number of unbranched alkanes of at least 4 members (excludes halogenated alkanes) is 1. The van der Waals surface area contributed by atoms with E-state index in [9.17, 15) is 9.59 Å². The molecule has 0 aliphatic rings. The second-order valence-electron chi connectivity index (χ2n) is 4.32. The molecule has 7 nitrogen and oxygen atoms in total. The van der Waals surface area contributed by atoms with Gasteiger partial charge in [-0.3, -0.25) is 4.98 Å². The summed E-state index contributed by atoms with van der Waals surface area (Å²) in [6.07, 6.45) is 2.50. The van der Waals surface area contributed by atoms with E-state index in [4.69, 9.17) is 14.3 Å². The Hall–Kier alpha value is -2.15. The number of aromatic amines is 1. The standard InChI is InChI=1S/C13H16N2O5/c1-2-3-4-8-7-9(17)20-12-10(8)11(19-6-5-16)14-13(18)15-12/h7,16H,2-6H2,1H3,(H,14,15,18). The van der Waals surface area contributed by atoms with E-state index in [1.165, 1.54) is 6.07 Å². The van der Waals surface area contributed by atoms with Crippen molar-refractivity contribution in [3.63, 3.8) is 0 Å². The van der Waals surface area contributed by atoms with E-state index in [2.05, 4.69) is 9.97 Å². The number of aliphatic hydroxyl groups is 1. The Morgan fingerprint density at radius 3 is 2.95 bits per heavy atom. The van der Waals surface area contributed by atoms with Crippen LogP contribution < -0.4 is 16.1 Å². The Kier molecular flexibility index (Phi) is 4.52. The molecule has 2 N–H and O–H groups in total. The van der Waals surface area contributed by atoms with E-state index in [0.29, 0.717) is 11.8 Å². The number of hydrogen-bond donors (Lipinski definition) is 2. The molecule has 0 amide bonds. The average molecular weight is 280 g/mol. The molecule has 0 unspecified atom stereocenters. The van der Waals surface area contributed by atoms with Crippen LogP contribution in [-0.2, 0) is 6.42 Å². The molecule has 0 radical (unpaired) electrons. The molecular weight excluding hydrogens is 264 g/mol. The van der Waals surface area contributed by atoms with Crippen molar-refractivity contribution >= 4 is 11.1 Å². The maximum atomic E-state index is 11.5. The minimum atomic E-state index is -0.666. The van der Waals surface area contributed by atoms with Crippen LogP contribution >= 0.6 is 0 Å². The van der Waals surface area contributed by atoms with Crippen molar-refractivity contribution in [2.24, 2.45) is 0 Å². The van der Waals surface area contributed by atoms with Crippen molar-refractivity contribution in [3.05, 3.63) is 32.5 Å². The summed E-state index contributed by atoms with van der Waals surface area (Å²) in [4.78, 5) is 29.1. The zero-order chi connectivity index (χ0) is 14.5. The molecule has 0 atom stereocenters. The molecule has 0 saturated heterocycles. The summed E-state index contributed by atoms with van der Waals surface area (Å²) < 4.78 is 10.3. The number of ether oxygens (including phenoxy) is 1. The van der Waals surface area contributed by atoms with Gasteiger partial charge < -0.3 is 14.3 Å². The topological polar surface area (TPSA) is 105 Å². The predicted octanol–water partition coefficient (Wildman–Crippen LogP) is 0.590. The molecule has 20 heavy (non-hydrogen) atoms. The van der Waals surface area contributed by atoms with E-state index in [1.807, 2.05) is 6.92 Å². The first-order chi connectivity index (χ1) is 9.65. The fraction of sp³-hybridized carbons (Fsp3) is 0.462. The SMILES string of the molecule is CCCCc1cc(=O)oc2[nH]c(=O)nc(OCCO)c12.